The fraction of sp³-hybridized carbons (Fsp3) is 0.533. The molecule has 5 nitrogen and oxygen atoms in total. The van der Waals surface area contributed by atoms with Crippen LogP contribution >= 0.6 is 0 Å². The average molecular weight is 364 g/mol. The Balaban J connectivity index is 3.22. The average Bonchev–Trinajstić information content (AvgIpc) is 2.44. The summed E-state index contributed by atoms with van der Waals surface area (Å²) in [7, 11) is 0. The van der Waals surface area contributed by atoms with Crippen molar-refractivity contribution in [1.82, 2.24) is 4.98 Å². The first-order chi connectivity index (χ1) is 10.9. The van der Waals surface area contributed by atoms with Gasteiger partial charge in [-0.3, -0.25) is 9.78 Å². The number of halogens is 3. The number of nitrogens with zero attached hydrogens (tertiary/aromatic N) is 2. The van der Waals surface area contributed by atoms with Gasteiger partial charge in [0, 0.05) is 12.6 Å². The molecule has 24 heavy (non-hydrogen) atoms. The van der Waals surface area contributed by atoms with Gasteiger partial charge in [0.15, 0.2) is 0 Å². The smallest absolute Gasteiger partial charge is 0.392 e. The van der Waals surface area contributed by atoms with Crippen LogP contribution in [0.15, 0.2) is 28.8 Å². The van der Waals surface area contributed by atoms with E-state index in [-0.39, 0.29) is 11.4 Å². The zero-order chi connectivity index (χ0) is 18.5. The van der Waals surface area contributed by atoms with E-state index >= 15 is 0 Å². The van der Waals surface area contributed by atoms with Gasteiger partial charge in [-0.2, -0.15) is 13.2 Å². The highest BCUT2D eigenvalue weighted by Gasteiger charge is 2.42. The van der Waals surface area contributed by atoms with Gasteiger partial charge in [0.1, 0.15) is 21.8 Å². The molecule has 0 saturated carbocycles. The predicted octanol–water partition coefficient (Wildman–Crippen LogP) is 3.38. The molecule has 2 atom stereocenters. The number of carbonyl (C=O) groups is 1. The second-order valence-corrected chi connectivity index (χ2v) is 8.06. The molecule has 1 heterocycles. The number of aliphatic carboxylic acids is 1. The molecule has 0 aliphatic heterocycles. The Bertz CT molecular complexity index is 586. The number of carboxylic acids is 1. The fourth-order valence-corrected chi connectivity index (χ4v) is 2.35. The van der Waals surface area contributed by atoms with Gasteiger partial charge in [0.2, 0.25) is 0 Å². The second-order valence-electron chi connectivity index (χ2n) is 6.16. The van der Waals surface area contributed by atoms with Gasteiger partial charge in [0.25, 0.3) is 0 Å². The normalized spacial score (nSPS) is 15.9. The van der Waals surface area contributed by atoms with Crippen molar-refractivity contribution >= 4 is 23.0 Å². The molecule has 0 aliphatic rings. The summed E-state index contributed by atoms with van der Waals surface area (Å²) < 4.78 is 54.7. The van der Waals surface area contributed by atoms with Crippen LogP contribution in [-0.4, -0.2) is 37.2 Å². The maximum Gasteiger partial charge on any atom is 0.392 e. The van der Waals surface area contributed by atoms with E-state index in [0.29, 0.717) is 0 Å². The number of rotatable bonds is 6. The first kappa shape index (κ1) is 20.4. The molecule has 0 fully saturated rings. The van der Waals surface area contributed by atoms with Crippen molar-refractivity contribution in [2.75, 3.05) is 0 Å². The van der Waals surface area contributed by atoms with E-state index in [1.54, 1.807) is 32.9 Å². The van der Waals surface area contributed by atoms with E-state index in [0.717, 1.165) is 0 Å². The topological polar surface area (TPSA) is 85.6 Å². The zero-order valence-electron chi connectivity index (χ0n) is 13.5. The van der Waals surface area contributed by atoms with Crippen LogP contribution in [0, 0.1) is 5.92 Å². The number of aromatic nitrogens is 1. The molecule has 0 aliphatic carbocycles. The van der Waals surface area contributed by atoms with E-state index in [2.05, 4.69) is 9.38 Å². The highest BCUT2D eigenvalue weighted by molar-refractivity contribution is 7.91. The third-order valence-corrected chi connectivity index (χ3v) is 4.44. The zero-order valence-corrected chi connectivity index (χ0v) is 14.3. The maximum atomic E-state index is 13.1. The minimum absolute atomic E-state index is 0.118. The minimum atomic E-state index is -4.71. The van der Waals surface area contributed by atoms with Gasteiger partial charge in [-0.05, 0) is 32.9 Å². The van der Waals surface area contributed by atoms with Crippen LogP contribution in [0.4, 0.5) is 13.2 Å². The highest BCUT2D eigenvalue weighted by atomic mass is 32.2. The highest BCUT2D eigenvalue weighted by Crippen LogP contribution is 2.33. The van der Waals surface area contributed by atoms with E-state index in [4.69, 9.17) is 5.11 Å². The van der Waals surface area contributed by atoms with Crippen molar-refractivity contribution in [2.24, 2.45) is 10.3 Å². The SMILES string of the molecule is CC(C)(C)[S+]([O-])/N=C(/CC(CC(=O)O)C(F)(F)F)c1ccccn1. The molecule has 0 spiro atoms. The third-order valence-electron chi connectivity index (χ3n) is 3.00. The molecule has 9 heteroatoms. The molecule has 0 bridgehead atoms. The Morgan fingerprint density at radius 1 is 1.33 bits per heavy atom. The van der Waals surface area contributed by atoms with Crippen molar-refractivity contribution in [3.8, 4) is 0 Å². The summed E-state index contributed by atoms with van der Waals surface area (Å²) in [4.78, 5) is 14.7. The van der Waals surface area contributed by atoms with Crippen LogP contribution in [0.1, 0.15) is 39.3 Å². The number of pyridine rings is 1. The molecule has 0 radical (unpaired) electrons. The first-order valence-corrected chi connectivity index (χ1v) is 8.21. The number of carboxylic acid groups (broad SMARTS) is 1. The van der Waals surface area contributed by atoms with Crippen molar-refractivity contribution in [1.29, 1.82) is 0 Å². The summed E-state index contributed by atoms with van der Waals surface area (Å²) in [6.07, 6.45) is -5.12. The Labute approximate surface area is 141 Å². The minimum Gasteiger partial charge on any atom is -0.591 e. The number of hydrogen-bond acceptors (Lipinski definition) is 4. The van der Waals surface area contributed by atoms with Crippen molar-refractivity contribution < 1.29 is 27.6 Å². The summed E-state index contributed by atoms with van der Waals surface area (Å²) in [5.41, 5.74) is 0.0298. The van der Waals surface area contributed by atoms with Crippen LogP contribution < -0.4 is 0 Å². The van der Waals surface area contributed by atoms with Crippen molar-refractivity contribution in [3.63, 3.8) is 0 Å². The molecule has 2 unspecified atom stereocenters. The first-order valence-electron chi connectivity index (χ1n) is 7.10. The van der Waals surface area contributed by atoms with E-state index < -0.39 is 47.0 Å². The van der Waals surface area contributed by atoms with Crippen LogP contribution in [0.2, 0.25) is 0 Å². The van der Waals surface area contributed by atoms with Crippen LogP contribution in [0.3, 0.4) is 0 Å². The summed E-state index contributed by atoms with van der Waals surface area (Å²) in [6, 6.07) is 4.60. The third kappa shape index (κ3) is 6.48. The number of hydrogen-bond donors (Lipinski definition) is 1. The summed E-state index contributed by atoms with van der Waals surface area (Å²) in [5, 5.41) is 8.73. The summed E-state index contributed by atoms with van der Waals surface area (Å²) >= 11 is -1.79. The monoisotopic (exact) mass is 364 g/mol. The molecule has 1 N–H and O–H groups in total. The quantitative estimate of drug-likeness (QED) is 0.619. The Hall–Kier alpha value is -1.61. The molecule has 1 rings (SSSR count). The molecule has 1 aromatic rings. The summed E-state index contributed by atoms with van der Waals surface area (Å²) in [6.45, 7) is 4.92. The predicted molar refractivity (Wildman–Crippen MR) is 85.1 cm³/mol. The van der Waals surface area contributed by atoms with Crippen LogP contribution in [0.5, 0.6) is 0 Å². The molecule has 134 valence electrons. The van der Waals surface area contributed by atoms with Crippen LogP contribution in [-0.2, 0) is 16.2 Å². The largest absolute Gasteiger partial charge is 0.591 e. The van der Waals surface area contributed by atoms with Gasteiger partial charge in [-0.15, -0.1) is 0 Å². The molecule has 0 saturated heterocycles. The molecular weight excluding hydrogens is 345 g/mol. The van der Waals surface area contributed by atoms with E-state index in [9.17, 15) is 22.5 Å². The Morgan fingerprint density at radius 3 is 2.38 bits per heavy atom. The van der Waals surface area contributed by atoms with Gasteiger partial charge < -0.3 is 9.66 Å². The lowest BCUT2D eigenvalue weighted by molar-refractivity contribution is -0.181. The Kier molecular flexibility index (Phi) is 6.79. The lowest BCUT2D eigenvalue weighted by Crippen LogP contribution is -2.31. The lowest BCUT2D eigenvalue weighted by atomic mass is 9.96. The lowest BCUT2D eigenvalue weighted by Gasteiger charge is -2.22. The van der Waals surface area contributed by atoms with E-state index in [1.165, 1.54) is 12.3 Å². The van der Waals surface area contributed by atoms with Gasteiger partial charge in [0.05, 0.1) is 18.0 Å². The standard InChI is InChI=1S/C15H19F3N2O3S/c1-14(2,3)24(23)20-12(11-6-4-5-7-19-11)8-10(9-13(21)22)15(16,17)18/h4-7,10H,8-9H2,1-3H3,(H,21,22)/b20-12-. The molecule has 1 aromatic heterocycles. The van der Waals surface area contributed by atoms with E-state index in [1.807, 2.05) is 0 Å². The fourth-order valence-electron chi connectivity index (χ4n) is 1.71. The number of alkyl halides is 3. The molecule has 0 amide bonds. The van der Waals surface area contributed by atoms with Crippen LogP contribution in [0.25, 0.3) is 0 Å². The maximum absolute atomic E-state index is 13.1. The van der Waals surface area contributed by atoms with Gasteiger partial charge >= 0.3 is 12.1 Å². The van der Waals surface area contributed by atoms with Crippen molar-refractivity contribution in [2.45, 2.75) is 44.5 Å². The Morgan fingerprint density at radius 2 is 1.96 bits per heavy atom. The summed E-state index contributed by atoms with van der Waals surface area (Å²) in [5.74, 6) is -3.69. The van der Waals surface area contributed by atoms with Crippen molar-refractivity contribution in [3.05, 3.63) is 30.1 Å². The molecule has 0 aromatic carbocycles. The molecular formula is C15H19F3N2O3S. The second kappa shape index (κ2) is 7.98. The van der Waals surface area contributed by atoms with Gasteiger partial charge in [-0.25, -0.2) is 0 Å². The van der Waals surface area contributed by atoms with Gasteiger partial charge in [-0.1, -0.05) is 10.5 Å².